The summed E-state index contributed by atoms with van der Waals surface area (Å²) in [6.07, 6.45) is 0.443. The lowest BCUT2D eigenvalue weighted by Gasteiger charge is -2.07. The minimum absolute atomic E-state index is 0.0482. The second-order valence-corrected chi connectivity index (χ2v) is 4.59. The van der Waals surface area contributed by atoms with Crippen LogP contribution in [0, 0.1) is 0 Å². The molecule has 9 heteroatoms. The summed E-state index contributed by atoms with van der Waals surface area (Å²) in [4.78, 5) is 43.5. The zero-order valence-electron chi connectivity index (χ0n) is 14.0. The molecule has 0 aromatic heterocycles. The Hall–Kier alpha value is -2.16. The quantitative estimate of drug-likeness (QED) is 0.265. The predicted molar refractivity (Wildman–Crippen MR) is 79.9 cm³/mol. The largest absolute Gasteiger partial charge is 0.466 e. The standard InChI is InChI=1S/C15H24O9/c1-12(16)21-7-3-6-20-10-11-24-15(19)5-9-23-14(18)4-8-22-13(2)17/h3-11H2,1-2H3. The van der Waals surface area contributed by atoms with Crippen molar-refractivity contribution < 1.29 is 42.9 Å². The van der Waals surface area contributed by atoms with Gasteiger partial charge in [0.25, 0.3) is 0 Å². The number of carbonyl (C=O) groups excluding carboxylic acids is 4. The molecular weight excluding hydrogens is 324 g/mol. The van der Waals surface area contributed by atoms with Crippen LogP contribution in [0.2, 0.25) is 0 Å². The van der Waals surface area contributed by atoms with Gasteiger partial charge in [0.2, 0.25) is 0 Å². The first kappa shape index (κ1) is 21.8. The van der Waals surface area contributed by atoms with Crippen LogP contribution in [0.4, 0.5) is 0 Å². The van der Waals surface area contributed by atoms with Gasteiger partial charge in [0, 0.05) is 26.9 Å². The predicted octanol–water partition coefficient (Wildman–Crippen LogP) is 0.386. The molecule has 0 amide bonds. The topological polar surface area (TPSA) is 114 Å². The van der Waals surface area contributed by atoms with Crippen LogP contribution in [0.3, 0.4) is 0 Å². The molecule has 138 valence electrons. The summed E-state index contributed by atoms with van der Waals surface area (Å²) in [6.45, 7) is 3.43. The van der Waals surface area contributed by atoms with E-state index in [4.69, 9.17) is 18.9 Å². The van der Waals surface area contributed by atoms with Gasteiger partial charge in [-0.3, -0.25) is 19.2 Å². The van der Waals surface area contributed by atoms with Crippen LogP contribution in [-0.2, 0) is 42.9 Å². The lowest BCUT2D eigenvalue weighted by molar-refractivity contribution is -0.151. The molecule has 0 aromatic rings. The third-order valence-electron chi connectivity index (χ3n) is 2.41. The summed E-state index contributed by atoms with van der Waals surface area (Å²) in [5.41, 5.74) is 0. The molecule has 0 saturated carbocycles. The van der Waals surface area contributed by atoms with Crippen molar-refractivity contribution >= 4 is 23.9 Å². The average molecular weight is 348 g/mol. The van der Waals surface area contributed by atoms with Crippen molar-refractivity contribution in [2.24, 2.45) is 0 Å². The molecule has 0 radical (unpaired) electrons. The molecule has 0 aromatic carbocycles. The zero-order chi connectivity index (χ0) is 18.2. The summed E-state index contributed by atoms with van der Waals surface area (Å²) in [5, 5.41) is 0. The van der Waals surface area contributed by atoms with Gasteiger partial charge in [-0.25, -0.2) is 0 Å². The van der Waals surface area contributed by atoms with Crippen LogP contribution in [-0.4, -0.2) is 63.5 Å². The summed E-state index contributed by atoms with van der Waals surface area (Å²) in [6, 6.07) is 0. The van der Waals surface area contributed by atoms with Gasteiger partial charge in [-0.05, 0) is 0 Å². The van der Waals surface area contributed by atoms with Crippen molar-refractivity contribution in [1.29, 1.82) is 0 Å². The summed E-state index contributed by atoms with van der Waals surface area (Å²) < 4.78 is 24.1. The van der Waals surface area contributed by atoms with Gasteiger partial charge in [0.05, 0.1) is 26.1 Å². The molecule has 0 bridgehead atoms. The van der Waals surface area contributed by atoms with E-state index in [-0.39, 0.29) is 51.8 Å². The Balaban J connectivity index is 3.39. The van der Waals surface area contributed by atoms with Crippen LogP contribution in [0.5, 0.6) is 0 Å². The van der Waals surface area contributed by atoms with E-state index in [2.05, 4.69) is 4.74 Å². The monoisotopic (exact) mass is 348 g/mol. The summed E-state index contributed by atoms with van der Waals surface area (Å²) in [5.74, 6) is -1.87. The van der Waals surface area contributed by atoms with Crippen molar-refractivity contribution in [3.63, 3.8) is 0 Å². The molecule has 0 aliphatic heterocycles. The van der Waals surface area contributed by atoms with Crippen molar-refractivity contribution in [2.45, 2.75) is 33.1 Å². The molecule has 0 spiro atoms. The number of rotatable bonds is 13. The highest BCUT2D eigenvalue weighted by Gasteiger charge is 2.07. The molecule has 24 heavy (non-hydrogen) atoms. The van der Waals surface area contributed by atoms with Gasteiger partial charge in [-0.15, -0.1) is 0 Å². The first-order chi connectivity index (χ1) is 11.4. The second-order valence-electron chi connectivity index (χ2n) is 4.59. The maximum atomic E-state index is 11.3. The maximum absolute atomic E-state index is 11.3. The van der Waals surface area contributed by atoms with Crippen molar-refractivity contribution in [3.8, 4) is 0 Å². The fraction of sp³-hybridized carbons (Fsp3) is 0.733. The first-order valence-corrected chi connectivity index (χ1v) is 7.57. The van der Waals surface area contributed by atoms with E-state index < -0.39 is 17.9 Å². The van der Waals surface area contributed by atoms with Crippen LogP contribution in [0.25, 0.3) is 0 Å². The highest BCUT2D eigenvalue weighted by Crippen LogP contribution is 1.94. The van der Waals surface area contributed by atoms with E-state index in [1.807, 2.05) is 0 Å². The molecule has 0 aliphatic rings. The van der Waals surface area contributed by atoms with E-state index in [0.29, 0.717) is 13.0 Å². The van der Waals surface area contributed by atoms with Gasteiger partial charge in [-0.2, -0.15) is 0 Å². The molecule has 0 fully saturated rings. The Morgan fingerprint density at radius 1 is 0.583 bits per heavy atom. The van der Waals surface area contributed by atoms with E-state index in [0.717, 1.165) is 0 Å². The van der Waals surface area contributed by atoms with Gasteiger partial charge >= 0.3 is 23.9 Å². The van der Waals surface area contributed by atoms with Crippen molar-refractivity contribution in [2.75, 3.05) is 39.6 Å². The molecule has 0 unspecified atom stereocenters. The van der Waals surface area contributed by atoms with Gasteiger partial charge in [0.15, 0.2) is 0 Å². The van der Waals surface area contributed by atoms with Crippen LogP contribution in [0.15, 0.2) is 0 Å². The van der Waals surface area contributed by atoms with Gasteiger partial charge < -0.3 is 23.7 Å². The number of hydrogen-bond donors (Lipinski definition) is 0. The lowest BCUT2D eigenvalue weighted by Crippen LogP contribution is -2.16. The molecule has 0 N–H and O–H groups in total. The first-order valence-electron chi connectivity index (χ1n) is 7.57. The third kappa shape index (κ3) is 16.2. The number of esters is 4. The highest BCUT2D eigenvalue weighted by atomic mass is 16.6. The van der Waals surface area contributed by atoms with Gasteiger partial charge in [0.1, 0.15) is 19.8 Å². The Morgan fingerprint density at radius 2 is 1.08 bits per heavy atom. The smallest absolute Gasteiger partial charge is 0.309 e. The maximum Gasteiger partial charge on any atom is 0.309 e. The van der Waals surface area contributed by atoms with Gasteiger partial charge in [-0.1, -0.05) is 0 Å². The third-order valence-corrected chi connectivity index (χ3v) is 2.41. The fourth-order valence-electron chi connectivity index (χ4n) is 1.36. The minimum atomic E-state index is -0.555. The summed E-state index contributed by atoms with van der Waals surface area (Å²) >= 11 is 0. The van der Waals surface area contributed by atoms with Crippen LogP contribution >= 0.6 is 0 Å². The fourth-order valence-corrected chi connectivity index (χ4v) is 1.36. The van der Waals surface area contributed by atoms with Crippen molar-refractivity contribution in [1.82, 2.24) is 0 Å². The number of hydrogen-bond acceptors (Lipinski definition) is 9. The van der Waals surface area contributed by atoms with E-state index in [9.17, 15) is 19.2 Å². The molecular formula is C15H24O9. The Morgan fingerprint density at radius 3 is 1.67 bits per heavy atom. The molecule has 0 saturated heterocycles. The van der Waals surface area contributed by atoms with Crippen LogP contribution in [0.1, 0.15) is 33.1 Å². The SMILES string of the molecule is CC(=O)OCCCOCCOC(=O)CCOC(=O)CCOC(C)=O. The molecule has 9 nitrogen and oxygen atoms in total. The highest BCUT2D eigenvalue weighted by molar-refractivity contribution is 5.72. The zero-order valence-corrected chi connectivity index (χ0v) is 14.0. The van der Waals surface area contributed by atoms with E-state index in [1.165, 1.54) is 13.8 Å². The molecule has 0 rings (SSSR count). The molecule has 0 atom stereocenters. The number of ether oxygens (including phenoxy) is 5. The normalized spacial score (nSPS) is 9.92. The Labute approximate surface area is 140 Å². The van der Waals surface area contributed by atoms with Crippen molar-refractivity contribution in [3.05, 3.63) is 0 Å². The average Bonchev–Trinajstić information content (AvgIpc) is 2.49. The Bertz CT molecular complexity index is 406. The molecule has 0 heterocycles. The second kappa shape index (κ2) is 14.4. The molecule has 0 aliphatic carbocycles. The van der Waals surface area contributed by atoms with E-state index in [1.54, 1.807) is 0 Å². The van der Waals surface area contributed by atoms with E-state index >= 15 is 0 Å². The Kier molecular flexibility index (Phi) is 13.1. The minimum Gasteiger partial charge on any atom is -0.466 e. The number of carbonyl (C=O) groups is 4. The lowest BCUT2D eigenvalue weighted by atomic mass is 10.4. The van der Waals surface area contributed by atoms with Crippen LogP contribution < -0.4 is 0 Å². The summed E-state index contributed by atoms with van der Waals surface area (Å²) in [7, 11) is 0.